The minimum atomic E-state index is -3.85. The summed E-state index contributed by atoms with van der Waals surface area (Å²) >= 11 is 0. The van der Waals surface area contributed by atoms with Gasteiger partial charge in [-0.3, -0.25) is 10.1 Å². The highest BCUT2D eigenvalue weighted by atomic mass is 32.2. The van der Waals surface area contributed by atoms with Gasteiger partial charge in [-0.25, -0.2) is 8.42 Å². The topological polar surface area (TPSA) is 80.5 Å². The second-order valence-corrected chi connectivity index (χ2v) is 7.45. The number of nitro benzene ring substituents is 1. The van der Waals surface area contributed by atoms with Crippen molar-refractivity contribution in [1.29, 1.82) is 0 Å². The SMILES string of the molecule is CCCCCN(CCCCC)S(=O)(=O)c1ccccc1[N+](=O)[O-]. The van der Waals surface area contributed by atoms with Crippen LogP contribution in [0.1, 0.15) is 52.4 Å². The van der Waals surface area contributed by atoms with Crippen molar-refractivity contribution in [3.05, 3.63) is 34.4 Å². The van der Waals surface area contributed by atoms with E-state index in [2.05, 4.69) is 13.8 Å². The number of unbranched alkanes of at least 4 members (excludes halogenated alkanes) is 4. The van der Waals surface area contributed by atoms with Crippen LogP contribution in [0.4, 0.5) is 5.69 Å². The Labute approximate surface area is 138 Å². The molecule has 0 N–H and O–H groups in total. The van der Waals surface area contributed by atoms with Gasteiger partial charge in [0, 0.05) is 19.2 Å². The van der Waals surface area contributed by atoms with Gasteiger partial charge in [0.2, 0.25) is 10.0 Å². The van der Waals surface area contributed by atoms with Gasteiger partial charge in [-0.15, -0.1) is 0 Å². The molecule has 0 unspecified atom stereocenters. The highest BCUT2D eigenvalue weighted by molar-refractivity contribution is 7.89. The Hall–Kier alpha value is -1.47. The molecule has 0 aliphatic carbocycles. The molecule has 0 aliphatic rings. The predicted molar refractivity (Wildman–Crippen MR) is 90.9 cm³/mol. The standard InChI is InChI=1S/C16H26N2O4S/c1-3-5-9-13-17(14-10-6-4-2)23(21,22)16-12-8-7-11-15(16)18(19)20/h7-8,11-12H,3-6,9-10,13-14H2,1-2H3. The van der Waals surface area contributed by atoms with E-state index in [1.165, 1.54) is 28.6 Å². The van der Waals surface area contributed by atoms with Gasteiger partial charge in [0.1, 0.15) is 0 Å². The normalized spacial score (nSPS) is 11.8. The average Bonchev–Trinajstić information content (AvgIpc) is 2.53. The summed E-state index contributed by atoms with van der Waals surface area (Å²) in [5, 5.41) is 11.1. The molecule has 0 saturated carbocycles. The molecular formula is C16H26N2O4S. The monoisotopic (exact) mass is 342 g/mol. The molecule has 0 radical (unpaired) electrons. The summed E-state index contributed by atoms with van der Waals surface area (Å²) in [7, 11) is -3.85. The van der Waals surface area contributed by atoms with E-state index < -0.39 is 14.9 Å². The number of sulfonamides is 1. The number of nitrogens with zero attached hydrogens (tertiary/aromatic N) is 2. The molecule has 0 amide bonds. The summed E-state index contributed by atoms with van der Waals surface area (Å²) in [4.78, 5) is 10.3. The molecule has 0 aliphatic heterocycles. The van der Waals surface area contributed by atoms with E-state index >= 15 is 0 Å². The number of para-hydroxylation sites is 1. The van der Waals surface area contributed by atoms with Crippen LogP contribution in [0.25, 0.3) is 0 Å². The molecular weight excluding hydrogens is 316 g/mol. The Morgan fingerprint density at radius 1 is 1.00 bits per heavy atom. The first-order valence-corrected chi connectivity index (χ1v) is 9.62. The van der Waals surface area contributed by atoms with Crippen LogP contribution in [0.5, 0.6) is 0 Å². The second kappa shape index (κ2) is 9.62. The second-order valence-electron chi connectivity index (χ2n) is 5.54. The molecule has 130 valence electrons. The van der Waals surface area contributed by atoms with E-state index in [1.807, 2.05) is 0 Å². The maximum Gasteiger partial charge on any atom is 0.289 e. The largest absolute Gasteiger partial charge is 0.289 e. The fourth-order valence-electron chi connectivity index (χ4n) is 2.39. The van der Waals surface area contributed by atoms with Crippen molar-refractivity contribution >= 4 is 15.7 Å². The lowest BCUT2D eigenvalue weighted by molar-refractivity contribution is -0.387. The predicted octanol–water partition coefficient (Wildman–Crippen LogP) is 3.97. The first-order chi connectivity index (χ1) is 10.9. The van der Waals surface area contributed by atoms with Gasteiger partial charge in [-0.1, -0.05) is 51.7 Å². The first-order valence-electron chi connectivity index (χ1n) is 8.18. The van der Waals surface area contributed by atoms with Crippen LogP contribution < -0.4 is 0 Å². The van der Waals surface area contributed by atoms with Crippen LogP contribution in [-0.4, -0.2) is 30.7 Å². The third kappa shape index (κ3) is 5.58. The fourth-order valence-corrected chi connectivity index (χ4v) is 4.07. The highest BCUT2D eigenvalue weighted by Gasteiger charge is 2.30. The van der Waals surface area contributed by atoms with Gasteiger partial charge in [0.05, 0.1) is 4.92 Å². The molecule has 23 heavy (non-hydrogen) atoms. The summed E-state index contributed by atoms with van der Waals surface area (Å²) < 4.78 is 27.1. The van der Waals surface area contributed by atoms with Crippen LogP contribution in [-0.2, 0) is 10.0 Å². The minimum Gasteiger partial charge on any atom is -0.258 e. The lowest BCUT2D eigenvalue weighted by atomic mass is 10.2. The van der Waals surface area contributed by atoms with Crippen molar-refractivity contribution < 1.29 is 13.3 Å². The maximum absolute atomic E-state index is 12.9. The van der Waals surface area contributed by atoms with E-state index in [0.29, 0.717) is 13.1 Å². The number of benzene rings is 1. The summed E-state index contributed by atoms with van der Waals surface area (Å²) in [6.45, 7) is 4.92. The van der Waals surface area contributed by atoms with E-state index in [1.54, 1.807) is 0 Å². The molecule has 0 fully saturated rings. The maximum atomic E-state index is 12.9. The average molecular weight is 342 g/mol. The lowest BCUT2D eigenvalue weighted by Gasteiger charge is -2.22. The van der Waals surface area contributed by atoms with Crippen LogP contribution in [0.2, 0.25) is 0 Å². The van der Waals surface area contributed by atoms with Crippen LogP contribution in [0, 0.1) is 10.1 Å². The van der Waals surface area contributed by atoms with Crippen molar-refractivity contribution in [2.45, 2.75) is 57.3 Å². The number of nitro groups is 1. The van der Waals surface area contributed by atoms with Gasteiger partial charge in [0.25, 0.3) is 5.69 Å². The molecule has 0 bridgehead atoms. The highest BCUT2D eigenvalue weighted by Crippen LogP contribution is 2.26. The summed E-state index contributed by atoms with van der Waals surface area (Å²) in [6.07, 6.45) is 5.40. The fraction of sp³-hybridized carbons (Fsp3) is 0.625. The van der Waals surface area contributed by atoms with E-state index in [4.69, 9.17) is 0 Å². The quantitative estimate of drug-likeness (QED) is 0.346. The Balaban J connectivity index is 3.08. The zero-order chi connectivity index (χ0) is 17.3. The van der Waals surface area contributed by atoms with Gasteiger partial charge in [-0.2, -0.15) is 4.31 Å². The number of hydrogen-bond acceptors (Lipinski definition) is 4. The molecule has 0 saturated heterocycles. The number of hydrogen-bond donors (Lipinski definition) is 0. The smallest absolute Gasteiger partial charge is 0.258 e. The van der Waals surface area contributed by atoms with Crippen molar-refractivity contribution in [1.82, 2.24) is 4.31 Å². The molecule has 0 atom stereocenters. The van der Waals surface area contributed by atoms with Gasteiger partial charge >= 0.3 is 0 Å². The summed E-state index contributed by atoms with van der Waals surface area (Å²) in [6, 6.07) is 5.56. The third-order valence-electron chi connectivity index (χ3n) is 3.70. The van der Waals surface area contributed by atoms with E-state index in [-0.39, 0.29) is 10.6 Å². The Morgan fingerprint density at radius 3 is 2.00 bits per heavy atom. The summed E-state index contributed by atoms with van der Waals surface area (Å²) in [5.74, 6) is 0. The Kier molecular flexibility index (Phi) is 8.19. The van der Waals surface area contributed by atoms with E-state index in [9.17, 15) is 18.5 Å². The number of rotatable bonds is 11. The van der Waals surface area contributed by atoms with Crippen LogP contribution in [0.15, 0.2) is 29.2 Å². The zero-order valence-electron chi connectivity index (χ0n) is 13.9. The van der Waals surface area contributed by atoms with Gasteiger partial charge in [0.15, 0.2) is 4.90 Å². The van der Waals surface area contributed by atoms with Crippen molar-refractivity contribution in [2.24, 2.45) is 0 Å². The zero-order valence-corrected chi connectivity index (χ0v) is 14.7. The Bertz CT molecular complexity index is 592. The van der Waals surface area contributed by atoms with Gasteiger partial charge in [-0.05, 0) is 18.9 Å². The van der Waals surface area contributed by atoms with E-state index in [0.717, 1.165) is 38.5 Å². The van der Waals surface area contributed by atoms with Crippen LogP contribution >= 0.6 is 0 Å². The molecule has 6 nitrogen and oxygen atoms in total. The van der Waals surface area contributed by atoms with Gasteiger partial charge < -0.3 is 0 Å². The van der Waals surface area contributed by atoms with Crippen molar-refractivity contribution in [3.63, 3.8) is 0 Å². The molecule has 1 rings (SSSR count). The minimum absolute atomic E-state index is 0.210. The molecule has 1 aromatic rings. The lowest BCUT2D eigenvalue weighted by Crippen LogP contribution is -2.33. The molecule has 0 aromatic heterocycles. The first kappa shape index (κ1) is 19.6. The molecule has 7 heteroatoms. The Morgan fingerprint density at radius 2 is 1.52 bits per heavy atom. The summed E-state index contributed by atoms with van der Waals surface area (Å²) in [5.41, 5.74) is -0.358. The van der Waals surface area contributed by atoms with Crippen LogP contribution in [0.3, 0.4) is 0 Å². The van der Waals surface area contributed by atoms with Crippen molar-refractivity contribution in [3.8, 4) is 0 Å². The van der Waals surface area contributed by atoms with Crippen molar-refractivity contribution in [2.75, 3.05) is 13.1 Å². The molecule has 0 heterocycles. The molecule has 1 aromatic carbocycles. The molecule has 0 spiro atoms. The third-order valence-corrected chi connectivity index (χ3v) is 5.65.